The summed E-state index contributed by atoms with van der Waals surface area (Å²) in [4.78, 5) is 12.2. The summed E-state index contributed by atoms with van der Waals surface area (Å²) in [5, 5.41) is 3.40. The molecule has 1 aromatic carbocycles. The molecule has 4 heteroatoms. The summed E-state index contributed by atoms with van der Waals surface area (Å²) in [5.41, 5.74) is 6.01. The molecule has 0 aliphatic heterocycles. The monoisotopic (exact) mass is 308 g/mol. The SMILES string of the molecule is CCCCSCCC(NCCC)(C(N)=O)c1ccccc1. The van der Waals surface area contributed by atoms with Crippen LogP contribution in [0.2, 0.25) is 0 Å². The first-order chi connectivity index (χ1) is 10.2. The van der Waals surface area contributed by atoms with Crippen molar-refractivity contribution in [2.45, 2.75) is 45.1 Å². The molecular formula is C17H28N2OS. The second kappa shape index (κ2) is 9.85. The molecule has 0 bridgehead atoms. The molecule has 0 aromatic heterocycles. The van der Waals surface area contributed by atoms with Crippen molar-refractivity contribution in [3.63, 3.8) is 0 Å². The van der Waals surface area contributed by atoms with Gasteiger partial charge in [0.2, 0.25) is 5.91 Å². The van der Waals surface area contributed by atoms with Crippen LogP contribution >= 0.6 is 11.8 Å². The van der Waals surface area contributed by atoms with Crippen LogP contribution in [0.25, 0.3) is 0 Å². The molecule has 1 rings (SSSR count). The number of primary amides is 1. The van der Waals surface area contributed by atoms with E-state index in [1.807, 2.05) is 42.1 Å². The van der Waals surface area contributed by atoms with E-state index in [9.17, 15) is 4.79 Å². The summed E-state index contributed by atoms with van der Waals surface area (Å²) < 4.78 is 0. The molecule has 1 atom stereocenters. The van der Waals surface area contributed by atoms with E-state index in [0.717, 1.165) is 36.5 Å². The predicted molar refractivity (Wildman–Crippen MR) is 92.5 cm³/mol. The molecule has 3 N–H and O–H groups in total. The molecular weight excluding hydrogens is 280 g/mol. The minimum Gasteiger partial charge on any atom is -0.368 e. The highest BCUT2D eigenvalue weighted by Crippen LogP contribution is 2.27. The first-order valence-electron chi connectivity index (χ1n) is 7.85. The number of hydrogen-bond donors (Lipinski definition) is 2. The largest absolute Gasteiger partial charge is 0.368 e. The Labute approximate surface area is 133 Å². The number of benzene rings is 1. The van der Waals surface area contributed by atoms with Gasteiger partial charge in [0.1, 0.15) is 5.54 Å². The van der Waals surface area contributed by atoms with Crippen LogP contribution in [0.15, 0.2) is 30.3 Å². The van der Waals surface area contributed by atoms with Crippen molar-refractivity contribution in [2.75, 3.05) is 18.1 Å². The lowest BCUT2D eigenvalue weighted by atomic mass is 9.86. The zero-order chi connectivity index (χ0) is 15.6. The number of amides is 1. The Bertz CT molecular complexity index is 411. The molecule has 0 fully saturated rings. The highest BCUT2D eigenvalue weighted by Gasteiger charge is 2.37. The molecule has 1 unspecified atom stereocenters. The van der Waals surface area contributed by atoms with Gasteiger partial charge in [-0.15, -0.1) is 0 Å². The summed E-state index contributed by atoms with van der Waals surface area (Å²) in [6, 6.07) is 9.87. The zero-order valence-corrected chi connectivity index (χ0v) is 14.0. The Morgan fingerprint density at radius 1 is 1.19 bits per heavy atom. The first kappa shape index (κ1) is 18.1. The lowest BCUT2D eigenvalue weighted by molar-refractivity contribution is -0.125. The van der Waals surface area contributed by atoms with Gasteiger partial charge >= 0.3 is 0 Å². The van der Waals surface area contributed by atoms with E-state index >= 15 is 0 Å². The number of unbranched alkanes of at least 4 members (excludes halogenated alkanes) is 1. The minimum atomic E-state index is -0.740. The fourth-order valence-electron chi connectivity index (χ4n) is 2.32. The average molecular weight is 308 g/mol. The normalized spacial score (nSPS) is 13.8. The van der Waals surface area contributed by atoms with Crippen molar-refractivity contribution in [3.8, 4) is 0 Å². The number of rotatable bonds is 11. The van der Waals surface area contributed by atoms with Crippen molar-refractivity contribution >= 4 is 17.7 Å². The number of thioether (sulfide) groups is 1. The van der Waals surface area contributed by atoms with Crippen molar-refractivity contribution in [1.82, 2.24) is 5.32 Å². The van der Waals surface area contributed by atoms with E-state index in [-0.39, 0.29) is 5.91 Å². The Kier molecular flexibility index (Phi) is 8.47. The third-order valence-corrected chi connectivity index (χ3v) is 4.70. The second-order valence-corrected chi connectivity index (χ2v) is 6.50. The van der Waals surface area contributed by atoms with E-state index in [0.29, 0.717) is 0 Å². The van der Waals surface area contributed by atoms with Crippen LogP contribution in [0, 0.1) is 0 Å². The molecule has 0 aliphatic rings. The molecule has 118 valence electrons. The molecule has 0 saturated heterocycles. The van der Waals surface area contributed by atoms with Crippen molar-refractivity contribution in [1.29, 1.82) is 0 Å². The van der Waals surface area contributed by atoms with E-state index < -0.39 is 5.54 Å². The Balaban J connectivity index is 2.83. The van der Waals surface area contributed by atoms with Crippen LogP contribution in [-0.2, 0) is 10.3 Å². The van der Waals surface area contributed by atoms with E-state index in [2.05, 4.69) is 19.2 Å². The molecule has 21 heavy (non-hydrogen) atoms. The number of carbonyl (C=O) groups excluding carboxylic acids is 1. The van der Waals surface area contributed by atoms with Crippen molar-refractivity contribution < 1.29 is 4.79 Å². The molecule has 0 saturated carbocycles. The maximum absolute atomic E-state index is 12.2. The van der Waals surface area contributed by atoms with E-state index in [4.69, 9.17) is 5.73 Å². The quantitative estimate of drug-likeness (QED) is 0.617. The molecule has 0 spiro atoms. The number of nitrogens with one attached hydrogen (secondary N) is 1. The highest BCUT2D eigenvalue weighted by molar-refractivity contribution is 7.99. The van der Waals surface area contributed by atoms with E-state index in [1.165, 1.54) is 12.8 Å². The first-order valence-corrected chi connectivity index (χ1v) is 9.01. The van der Waals surface area contributed by atoms with E-state index in [1.54, 1.807) is 0 Å². The van der Waals surface area contributed by atoms with Crippen LogP contribution in [0.3, 0.4) is 0 Å². The fraction of sp³-hybridized carbons (Fsp3) is 0.588. The van der Waals surface area contributed by atoms with Crippen LogP contribution in [0.5, 0.6) is 0 Å². The summed E-state index contributed by atoms with van der Waals surface area (Å²) in [5.74, 6) is 1.81. The summed E-state index contributed by atoms with van der Waals surface area (Å²) in [6.07, 6.45) is 4.15. The molecule has 1 aromatic rings. The van der Waals surface area contributed by atoms with Gasteiger partial charge in [0.05, 0.1) is 0 Å². The predicted octanol–water partition coefficient (Wildman–Crippen LogP) is 3.29. The summed E-state index contributed by atoms with van der Waals surface area (Å²) in [6.45, 7) is 5.08. The van der Waals surface area contributed by atoms with Gasteiger partial charge in [-0.05, 0) is 42.9 Å². The van der Waals surface area contributed by atoms with Gasteiger partial charge < -0.3 is 5.73 Å². The minimum absolute atomic E-state index is 0.279. The van der Waals surface area contributed by atoms with Gasteiger partial charge in [-0.1, -0.05) is 50.6 Å². The Hall–Kier alpha value is -1.00. The molecule has 1 amide bonds. The lowest BCUT2D eigenvalue weighted by Crippen LogP contribution is -2.53. The highest BCUT2D eigenvalue weighted by atomic mass is 32.2. The Morgan fingerprint density at radius 2 is 1.90 bits per heavy atom. The van der Waals surface area contributed by atoms with Crippen LogP contribution in [-0.4, -0.2) is 24.0 Å². The summed E-state index contributed by atoms with van der Waals surface area (Å²) in [7, 11) is 0. The Morgan fingerprint density at radius 3 is 2.48 bits per heavy atom. The smallest absolute Gasteiger partial charge is 0.242 e. The molecule has 0 aliphatic carbocycles. The van der Waals surface area contributed by atoms with Gasteiger partial charge in [-0.2, -0.15) is 11.8 Å². The molecule has 0 radical (unpaired) electrons. The van der Waals surface area contributed by atoms with Gasteiger partial charge in [-0.25, -0.2) is 0 Å². The maximum Gasteiger partial charge on any atom is 0.242 e. The van der Waals surface area contributed by atoms with Crippen LogP contribution < -0.4 is 11.1 Å². The van der Waals surface area contributed by atoms with Crippen molar-refractivity contribution in [3.05, 3.63) is 35.9 Å². The second-order valence-electron chi connectivity index (χ2n) is 5.28. The topological polar surface area (TPSA) is 55.1 Å². The van der Waals surface area contributed by atoms with Crippen LogP contribution in [0.4, 0.5) is 0 Å². The van der Waals surface area contributed by atoms with Crippen LogP contribution in [0.1, 0.15) is 45.1 Å². The van der Waals surface area contributed by atoms with Gasteiger partial charge in [0.25, 0.3) is 0 Å². The van der Waals surface area contributed by atoms with Gasteiger partial charge in [0.15, 0.2) is 0 Å². The van der Waals surface area contributed by atoms with Crippen molar-refractivity contribution in [2.24, 2.45) is 5.73 Å². The lowest BCUT2D eigenvalue weighted by Gasteiger charge is -2.32. The van der Waals surface area contributed by atoms with Gasteiger partial charge in [0, 0.05) is 0 Å². The maximum atomic E-state index is 12.2. The third-order valence-electron chi connectivity index (χ3n) is 3.63. The average Bonchev–Trinajstić information content (AvgIpc) is 2.51. The number of nitrogens with two attached hydrogens (primary N) is 1. The third kappa shape index (κ3) is 5.36. The zero-order valence-electron chi connectivity index (χ0n) is 13.2. The molecule has 3 nitrogen and oxygen atoms in total. The standard InChI is InChI=1S/C17H28N2OS/c1-3-5-13-21-14-11-17(16(18)20,19-12-4-2)15-9-7-6-8-10-15/h6-10,19H,3-5,11-14H2,1-2H3,(H2,18,20). The summed E-state index contributed by atoms with van der Waals surface area (Å²) >= 11 is 1.90. The number of hydrogen-bond acceptors (Lipinski definition) is 3. The van der Waals surface area contributed by atoms with Gasteiger partial charge in [-0.3, -0.25) is 10.1 Å². The number of carbonyl (C=O) groups is 1. The molecule has 0 heterocycles. The fourth-order valence-corrected chi connectivity index (χ4v) is 3.47.